The number of ether oxygens (including phenoxy) is 2. The third kappa shape index (κ3) is 3.11. The van der Waals surface area contributed by atoms with E-state index in [9.17, 15) is 0 Å². The molecule has 0 aliphatic rings. The maximum absolute atomic E-state index is 5.31. The molecule has 9 heteroatoms. The molecule has 5 aromatic rings. The summed E-state index contributed by atoms with van der Waals surface area (Å²) in [6.07, 6.45) is 0. The van der Waals surface area contributed by atoms with Crippen LogP contribution in [0.25, 0.3) is 38.3 Å². The van der Waals surface area contributed by atoms with Crippen molar-refractivity contribution in [3.05, 3.63) is 54.6 Å². The van der Waals surface area contributed by atoms with Crippen molar-refractivity contribution in [1.82, 2.24) is 30.0 Å². The van der Waals surface area contributed by atoms with E-state index in [2.05, 4.69) is 25.5 Å². The fraction of sp³-hybridized carbons (Fsp3) is 0.100. The minimum atomic E-state index is 0.609. The van der Waals surface area contributed by atoms with Crippen LogP contribution in [0.2, 0.25) is 0 Å². The van der Waals surface area contributed by atoms with Gasteiger partial charge in [0.25, 0.3) is 0 Å². The van der Waals surface area contributed by atoms with E-state index in [1.54, 1.807) is 18.7 Å². The highest BCUT2D eigenvalue weighted by Gasteiger charge is 2.17. The van der Waals surface area contributed by atoms with E-state index in [-0.39, 0.29) is 0 Å². The van der Waals surface area contributed by atoms with Crippen LogP contribution < -0.4 is 9.47 Å². The number of aromatic nitrogens is 6. The van der Waals surface area contributed by atoms with Crippen LogP contribution in [-0.4, -0.2) is 44.2 Å². The van der Waals surface area contributed by atoms with Crippen LogP contribution in [0.4, 0.5) is 0 Å². The predicted octanol–water partition coefficient (Wildman–Crippen LogP) is 3.93. The van der Waals surface area contributed by atoms with Gasteiger partial charge in [0.05, 0.1) is 19.9 Å². The number of nitrogens with one attached hydrogen (secondary N) is 1. The lowest BCUT2D eigenvalue weighted by atomic mass is 10.1. The molecular formula is C20H16N6O2S. The fourth-order valence-electron chi connectivity index (χ4n) is 3.00. The molecule has 0 radical (unpaired) electrons. The highest BCUT2D eigenvalue weighted by molar-refractivity contribution is 7.19. The summed E-state index contributed by atoms with van der Waals surface area (Å²) in [6, 6.07) is 17.4. The third-order valence-corrected chi connectivity index (χ3v) is 5.46. The first kappa shape index (κ1) is 17.4. The first-order chi connectivity index (χ1) is 14.2. The number of hydrogen-bond donors (Lipinski definition) is 1. The second-order valence-corrected chi connectivity index (χ2v) is 7.21. The quantitative estimate of drug-likeness (QED) is 0.477. The molecule has 3 heterocycles. The summed E-state index contributed by atoms with van der Waals surface area (Å²) in [5, 5.41) is 21.5. The van der Waals surface area contributed by atoms with Crippen molar-refractivity contribution in [2.75, 3.05) is 14.2 Å². The Hall–Kier alpha value is -3.72. The molecule has 2 aromatic carbocycles. The molecule has 29 heavy (non-hydrogen) atoms. The second-order valence-electron chi connectivity index (χ2n) is 6.25. The number of hydrogen-bond acceptors (Lipinski definition) is 7. The zero-order chi connectivity index (χ0) is 19.8. The summed E-state index contributed by atoms with van der Waals surface area (Å²) in [7, 11) is 3.29. The van der Waals surface area contributed by atoms with Gasteiger partial charge in [0, 0.05) is 11.1 Å². The lowest BCUT2D eigenvalue weighted by Gasteiger charge is -2.00. The zero-order valence-corrected chi connectivity index (χ0v) is 16.5. The van der Waals surface area contributed by atoms with Crippen LogP contribution in [0.1, 0.15) is 0 Å². The average molecular weight is 404 g/mol. The van der Waals surface area contributed by atoms with E-state index in [1.165, 1.54) is 11.3 Å². The number of benzene rings is 2. The fourth-order valence-corrected chi connectivity index (χ4v) is 3.84. The van der Waals surface area contributed by atoms with E-state index in [0.717, 1.165) is 39.0 Å². The van der Waals surface area contributed by atoms with Crippen LogP contribution in [0.15, 0.2) is 54.6 Å². The number of rotatable bonds is 5. The van der Waals surface area contributed by atoms with Gasteiger partial charge < -0.3 is 9.47 Å². The van der Waals surface area contributed by atoms with E-state index < -0.39 is 0 Å². The topological polar surface area (TPSA) is 90.2 Å². The number of aromatic amines is 1. The Balaban J connectivity index is 1.50. The van der Waals surface area contributed by atoms with E-state index in [1.807, 2.05) is 54.6 Å². The van der Waals surface area contributed by atoms with Crippen molar-refractivity contribution in [3.8, 4) is 44.8 Å². The normalized spacial score (nSPS) is 11.1. The maximum atomic E-state index is 5.31. The van der Waals surface area contributed by atoms with E-state index in [4.69, 9.17) is 9.47 Å². The maximum Gasteiger partial charge on any atom is 0.235 e. The predicted molar refractivity (Wildman–Crippen MR) is 110 cm³/mol. The van der Waals surface area contributed by atoms with Gasteiger partial charge in [-0.05, 0) is 42.5 Å². The summed E-state index contributed by atoms with van der Waals surface area (Å²) in [4.78, 5) is 0.707. The summed E-state index contributed by atoms with van der Waals surface area (Å²) in [5.74, 6) is 2.19. The highest BCUT2D eigenvalue weighted by atomic mass is 32.1. The van der Waals surface area contributed by atoms with Crippen LogP contribution in [0.3, 0.4) is 0 Å². The van der Waals surface area contributed by atoms with Gasteiger partial charge in [-0.25, -0.2) is 0 Å². The molecule has 8 nitrogen and oxygen atoms in total. The lowest BCUT2D eigenvalue weighted by molar-refractivity contribution is 0.415. The van der Waals surface area contributed by atoms with Crippen LogP contribution in [0.5, 0.6) is 11.5 Å². The molecule has 0 fully saturated rings. The molecule has 144 valence electrons. The van der Waals surface area contributed by atoms with Crippen LogP contribution >= 0.6 is 11.3 Å². The molecule has 0 aliphatic heterocycles. The van der Waals surface area contributed by atoms with Gasteiger partial charge in [0.1, 0.15) is 22.2 Å². The Labute approximate surface area is 169 Å². The average Bonchev–Trinajstić information content (AvgIpc) is 3.49. The van der Waals surface area contributed by atoms with Crippen molar-refractivity contribution in [2.45, 2.75) is 0 Å². The Bertz CT molecular complexity index is 1290. The van der Waals surface area contributed by atoms with Gasteiger partial charge in [-0.1, -0.05) is 23.5 Å². The molecule has 0 amide bonds. The lowest BCUT2D eigenvalue weighted by Crippen LogP contribution is -1.91. The molecule has 0 bridgehead atoms. The van der Waals surface area contributed by atoms with Crippen LogP contribution in [-0.2, 0) is 0 Å². The van der Waals surface area contributed by atoms with Gasteiger partial charge in [-0.3, -0.25) is 5.10 Å². The minimum absolute atomic E-state index is 0.609. The van der Waals surface area contributed by atoms with Crippen molar-refractivity contribution in [3.63, 3.8) is 0 Å². The first-order valence-corrected chi connectivity index (χ1v) is 9.63. The minimum Gasteiger partial charge on any atom is -0.497 e. The van der Waals surface area contributed by atoms with Gasteiger partial charge in [-0.2, -0.15) is 14.7 Å². The zero-order valence-electron chi connectivity index (χ0n) is 15.7. The number of nitrogens with zero attached hydrogens (tertiary/aromatic N) is 5. The smallest absolute Gasteiger partial charge is 0.235 e. The summed E-state index contributed by atoms with van der Waals surface area (Å²) in [5.41, 5.74) is 3.49. The molecule has 0 saturated heterocycles. The molecular weight excluding hydrogens is 388 g/mol. The Kier molecular flexibility index (Phi) is 4.21. The highest BCUT2D eigenvalue weighted by Crippen LogP contribution is 2.30. The largest absolute Gasteiger partial charge is 0.497 e. The van der Waals surface area contributed by atoms with Gasteiger partial charge >= 0.3 is 0 Å². The van der Waals surface area contributed by atoms with Crippen molar-refractivity contribution < 1.29 is 9.47 Å². The Morgan fingerprint density at radius 3 is 2.52 bits per heavy atom. The molecule has 0 atom stereocenters. The molecule has 0 spiro atoms. The molecule has 1 N–H and O–H groups in total. The van der Waals surface area contributed by atoms with Crippen molar-refractivity contribution in [2.24, 2.45) is 0 Å². The van der Waals surface area contributed by atoms with Gasteiger partial charge in [-0.15, -0.1) is 10.2 Å². The Morgan fingerprint density at radius 2 is 1.72 bits per heavy atom. The van der Waals surface area contributed by atoms with Crippen molar-refractivity contribution >= 4 is 16.3 Å². The number of methoxy groups -OCH3 is 2. The number of fused-ring (bicyclic) bond motifs is 1. The molecule has 0 unspecified atom stereocenters. The second kappa shape index (κ2) is 7.02. The molecule has 3 aromatic heterocycles. The summed E-state index contributed by atoms with van der Waals surface area (Å²) in [6.45, 7) is 0. The number of H-pyrrole nitrogens is 1. The summed E-state index contributed by atoms with van der Waals surface area (Å²) < 4.78 is 12.2. The van der Waals surface area contributed by atoms with Gasteiger partial charge in [0.2, 0.25) is 10.8 Å². The molecule has 5 rings (SSSR count). The SMILES string of the molecule is COc1ccc(-c2cc(-c3nnc4sc(-c5cccc(OC)c5)nn34)[nH]n2)cc1. The Morgan fingerprint density at radius 1 is 0.897 bits per heavy atom. The van der Waals surface area contributed by atoms with Crippen molar-refractivity contribution in [1.29, 1.82) is 0 Å². The molecule has 0 aliphatic carbocycles. The third-order valence-electron chi connectivity index (χ3n) is 4.51. The van der Waals surface area contributed by atoms with Gasteiger partial charge in [0.15, 0.2) is 0 Å². The monoisotopic (exact) mass is 404 g/mol. The molecule has 0 saturated carbocycles. The summed E-state index contributed by atoms with van der Waals surface area (Å²) >= 11 is 1.47. The van der Waals surface area contributed by atoms with E-state index in [0.29, 0.717) is 10.8 Å². The standard InChI is InChI=1S/C20H16N6O2S/c1-27-14-8-6-12(7-9-14)16-11-17(22-21-16)18-23-24-20-26(18)25-19(29-20)13-4-3-5-15(10-13)28-2/h3-11H,1-2H3,(H,21,22). The van der Waals surface area contributed by atoms with Crippen LogP contribution in [0, 0.1) is 0 Å². The van der Waals surface area contributed by atoms with E-state index >= 15 is 0 Å². The first-order valence-electron chi connectivity index (χ1n) is 8.82.